The highest BCUT2D eigenvalue weighted by Gasteiger charge is 2.15. The summed E-state index contributed by atoms with van der Waals surface area (Å²) in [5, 5.41) is 9.45. The number of nitrogens with zero attached hydrogens (tertiary/aromatic N) is 1. The highest BCUT2D eigenvalue weighted by molar-refractivity contribution is 6.40. The minimum absolute atomic E-state index is 0.0531. The molecule has 30 heavy (non-hydrogen) atoms. The van der Waals surface area contributed by atoms with Gasteiger partial charge >= 0.3 is 11.8 Å². The van der Waals surface area contributed by atoms with E-state index in [1.165, 1.54) is 0 Å². The van der Waals surface area contributed by atoms with Gasteiger partial charge in [0.1, 0.15) is 5.75 Å². The van der Waals surface area contributed by atoms with Crippen LogP contribution < -0.4 is 20.8 Å². The summed E-state index contributed by atoms with van der Waals surface area (Å²) in [6, 6.07) is 11.9. The first-order valence-corrected chi connectivity index (χ1v) is 9.60. The number of nitrogens with one attached hydrogen (secondary N) is 3. The average Bonchev–Trinajstić information content (AvgIpc) is 2.71. The van der Waals surface area contributed by atoms with Crippen LogP contribution in [0, 0.1) is 6.92 Å². The zero-order valence-electron chi connectivity index (χ0n) is 16.9. The van der Waals surface area contributed by atoms with Gasteiger partial charge in [0.05, 0.1) is 13.0 Å². The third kappa shape index (κ3) is 6.89. The topological polar surface area (TPSA) is 109 Å². The second-order valence-electron chi connectivity index (χ2n) is 6.34. The van der Waals surface area contributed by atoms with Crippen LogP contribution >= 0.6 is 11.6 Å². The van der Waals surface area contributed by atoms with Crippen molar-refractivity contribution in [1.29, 1.82) is 0 Å². The predicted molar refractivity (Wildman–Crippen MR) is 117 cm³/mol. The monoisotopic (exact) mass is 430 g/mol. The smallest absolute Gasteiger partial charge is 0.329 e. The summed E-state index contributed by atoms with van der Waals surface area (Å²) in [6.07, 6.45) is -0.0531. The van der Waals surface area contributed by atoms with Crippen molar-refractivity contribution >= 4 is 46.4 Å². The van der Waals surface area contributed by atoms with Crippen molar-refractivity contribution in [3.63, 3.8) is 0 Å². The van der Waals surface area contributed by atoms with E-state index in [0.717, 1.165) is 0 Å². The highest BCUT2D eigenvalue weighted by atomic mass is 35.5. The van der Waals surface area contributed by atoms with E-state index >= 15 is 0 Å². The van der Waals surface area contributed by atoms with Crippen LogP contribution in [-0.4, -0.2) is 30.0 Å². The molecule has 0 bridgehead atoms. The molecule has 2 aromatic carbocycles. The molecule has 0 aliphatic carbocycles. The number of hydrazone groups is 1. The van der Waals surface area contributed by atoms with E-state index in [-0.39, 0.29) is 12.3 Å². The number of carbonyl (C=O) groups excluding carboxylic acids is 3. The fourth-order valence-electron chi connectivity index (χ4n) is 2.40. The van der Waals surface area contributed by atoms with Gasteiger partial charge in [0.15, 0.2) is 0 Å². The summed E-state index contributed by atoms with van der Waals surface area (Å²) in [5.74, 6) is -1.45. The van der Waals surface area contributed by atoms with Gasteiger partial charge in [0, 0.05) is 22.1 Å². The van der Waals surface area contributed by atoms with Gasteiger partial charge < -0.3 is 15.4 Å². The second-order valence-corrected chi connectivity index (χ2v) is 6.74. The van der Waals surface area contributed by atoms with Crippen molar-refractivity contribution in [3.05, 3.63) is 53.1 Å². The quantitative estimate of drug-likeness (QED) is 0.354. The highest BCUT2D eigenvalue weighted by Crippen LogP contribution is 2.22. The zero-order chi connectivity index (χ0) is 22.1. The molecular weight excluding hydrogens is 408 g/mol. The maximum absolute atomic E-state index is 12.1. The third-order valence-electron chi connectivity index (χ3n) is 3.94. The van der Waals surface area contributed by atoms with Crippen molar-refractivity contribution in [2.24, 2.45) is 5.10 Å². The molecule has 0 aliphatic heterocycles. The number of hydrogen-bond donors (Lipinski definition) is 3. The summed E-state index contributed by atoms with van der Waals surface area (Å²) >= 11 is 5.99. The van der Waals surface area contributed by atoms with Gasteiger partial charge in [0.2, 0.25) is 5.91 Å². The van der Waals surface area contributed by atoms with Crippen molar-refractivity contribution in [2.45, 2.75) is 27.2 Å². The maximum atomic E-state index is 12.1. The molecule has 0 heterocycles. The van der Waals surface area contributed by atoms with Crippen LogP contribution in [0.1, 0.15) is 25.8 Å². The van der Waals surface area contributed by atoms with Crippen molar-refractivity contribution in [3.8, 4) is 5.75 Å². The molecule has 0 unspecified atom stereocenters. The minimum atomic E-state index is -0.958. The first-order valence-electron chi connectivity index (χ1n) is 9.22. The Kier molecular flexibility index (Phi) is 8.37. The molecule has 3 N–H and O–H groups in total. The van der Waals surface area contributed by atoms with E-state index in [0.29, 0.717) is 40.0 Å². The second kappa shape index (κ2) is 11.0. The maximum Gasteiger partial charge on any atom is 0.329 e. The molecule has 0 radical (unpaired) electrons. The zero-order valence-corrected chi connectivity index (χ0v) is 17.7. The summed E-state index contributed by atoms with van der Waals surface area (Å²) in [6.45, 7) is 5.74. The largest absolute Gasteiger partial charge is 0.494 e. The molecule has 0 saturated heterocycles. The summed E-state index contributed by atoms with van der Waals surface area (Å²) in [5.41, 5.74) is 4.15. The lowest BCUT2D eigenvalue weighted by atomic mass is 10.2. The Hall–Kier alpha value is -3.39. The first-order chi connectivity index (χ1) is 14.3. The molecule has 2 aromatic rings. The Morgan fingerprint density at radius 2 is 1.73 bits per heavy atom. The molecule has 3 amide bonds. The Morgan fingerprint density at radius 1 is 1.03 bits per heavy atom. The molecule has 0 spiro atoms. The summed E-state index contributed by atoms with van der Waals surface area (Å²) < 4.78 is 5.34. The number of rotatable bonds is 7. The van der Waals surface area contributed by atoms with Crippen LogP contribution in [0.5, 0.6) is 5.75 Å². The molecule has 0 fully saturated rings. The molecule has 158 valence electrons. The van der Waals surface area contributed by atoms with E-state index in [9.17, 15) is 14.4 Å². The fourth-order valence-corrected chi connectivity index (χ4v) is 2.57. The van der Waals surface area contributed by atoms with Crippen LogP contribution in [0.15, 0.2) is 47.6 Å². The number of anilines is 2. The predicted octanol–water partition coefficient (Wildman–Crippen LogP) is 3.51. The Balaban J connectivity index is 1.84. The summed E-state index contributed by atoms with van der Waals surface area (Å²) in [4.78, 5) is 36.0. The average molecular weight is 431 g/mol. The number of hydrogen-bond acceptors (Lipinski definition) is 5. The third-order valence-corrected chi connectivity index (χ3v) is 4.35. The van der Waals surface area contributed by atoms with Gasteiger partial charge in [-0.15, -0.1) is 0 Å². The number of amides is 3. The molecule has 0 aromatic heterocycles. The lowest BCUT2D eigenvalue weighted by molar-refractivity contribution is -0.136. The van der Waals surface area contributed by atoms with Crippen molar-refractivity contribution < 1.29 is 19.1 Å². The molecule has 0 saturated carbocycles. The molecule has 8 nitrogen and oxygen atoms in total. The van der Waals surface area contributed by atoms with Gasteiger partial charge in [-0.05, 0) is 62.7 Å². The molecule has 2 rings (SSSR count). The molecule has 0 atom stereocenters. The van der Waals surface area contributed by atoms with Crippen LogP contribution in [-0.2, 0) is 14.4 Å². The Bertz CT molecular complexity index is 958. The summed E-state index contributed by atoms with van der Waals surface area (Å²) in [7, 11) is 0. The fraction of sp³-hybridized carbons (Fsp3) is 0.238. The van der Waals surface area contributed by atoms with E-state index in [2.05, 4.69) is 21.2 Å². The van der Waals surface area contributed by atoms with Gasteiger partial charge in [-0.2, -0.15) is 5.10 Å². The normalized spacial score (nSPS) is 10.9. The standard InChI is InChI=1S/C21H23ClN4O4/c1-4-30-16-10-8-15(9-11-16)23-19(27)12-13(2)25-26-21(29)20(28)24-18-7-5-6-17(22)14(18)3/h5-11H,4,12H2,1-3H3,(H,23,27)(H,24,28)(H,26,29). The molecular formula is C21H23ClN4O4. The van der Waals surface area contributed by atoms with E-state index < -0.39 is 11.8 Å². The van der Waals surface area contributed by atoms with Crippen LogP contribution in [0.4, 0.5) is 11.4 Å². The SMILES string of the molecule is CCOc1ccc(NC(=O)CC(C)=NNC(=O)C(=O)Nc2cccc(Cl)c2C)cc1. The van der Waals surface area contributed by atoms with E-state index in [1.807, 2.05) is 6.92 Å². The van der Waals surface area contributed by atoms with Crippen LogP contribution in [0.3, 0.4) is 0 Å². The van der Waals surface area contributed by atoms with E-state index in [1.54, 1.807) is 56.3 Å². The van der Waals surface area contributed by atoms with Gasteiger partial charge in [-0.1, -0.05) is 17.7 Å². The Morgan fingerprint density at radius 3 is 2.40 bits per heavy atom. The number of benzene rings is 2. The lowest BCUT2D eigenvalue weighted by Gasteiger charge is -2.09. The molecule has 0 aliphatic rings. The van der Waals surface area contributed by atoms with Crippen LogP contribution in [0.25, 0.3) is 0 Å². The minimum Gasteiger partial charge on any atom is -0.494 e. The Labute approximate surface area is 179 Å². The lowest BCUT2D eigenvalue weighted by Crippen LogP contribution is -2.33. The van der Waals surface area contributed by atoms with Crippen molar-refractivity contribution in [1.82, 2.24) is 5.43 Å². The molecule has 9 heteroatoms. The number of halogens is 1. The van der Waals surface area contributed by atoms with Crippen LogP contribution in [0.2, 0.25) is 5.02 Å². The van der Waals surface area contributed by atoms with Gasteiger partial charge in [-0.25, -0.2) is 5.43 Å². The number of ether oxygens (including phenoxy) is 1. The first kappa shape index (κ1) is 22.9. The van der Waals surface area contributed by atoms with Gasteiger partial charge in [0.25, 0.3) is 0 Å². The number of carbonyl (C=O) groups is 3. The van der Waals surface area contributed by atoms with E-state index in [4.69, 9.17) is 16.3 Å². The van der Waals surface area contributed by atoms with Crippen molar-refractivity contribution in [2.75, 3.05) is 17.2 Å². The van der Waals surface area contributed by atoms with Gasteiger partial charge in [-0.3, -0.25) is 14.4 Å².